The fourth-order valence-corrected chi connectivity index (χ4v) is 1.49. The second-order valence-corrected chi connectivity index (χ2v) is 3.67. The summed E-state index contributed by atoms with van der Waals surface area (Å²) in [6, 6.07) is 12.7. The zero-order chi connectivity index (χ0) is 12.3. The number of carbonyl (C=O) groups is 1. The molecule has 4 nitrogen and oxygen atoms in total. The van der Waals surface area contributed by atoms with Crippen molar-refractivity contribution in [2.24, 2.45) is 0 Å². The van der Waals surface area contributed by atoms with Gasteiger partial charge in [0.2, 0.25) is 0 Å². The van der Waals surface area contributed by atoms with Crippen LogP contribution in [0.5, 0.6) is 0 Å². The van der Waals surface area contributed by atoms with Crippen molar-refractivity contribution in [3.8, 4) is 0 Å². The first-order valence-corrected chi connectivity index (χ1v) is 5.23. The molecule has 2 N–H and O–H groups in total. The van der Waals surface area contributed by atoms with Crippen molar-refractivity contribution < 1.29 is 4.79 Å². The minimum absolute atomic E-state index is 0.108. The summed E-state index contributed by atoms with van der Waals surface area (Å²) in [5, 5.41) is 0. The molecule has 0 aliphatic rings. The molecule has 4 heteroatoms. The van der Waals surface area contributed by atoms with E-state index in [4.69, 9.17) is 5.73 Å². The summed E-state index contributed by atoms with van der Waals surface area (Å²) >= 11 is 0. The van der Waals surface area contributed by atoms with E-state index in [1.165, 1.54) is 6.20 Å². The van der Waals surface area contributed by atoms with Crippen molar-refractivity contribution >= 4 is 17.4 Å². The fraction of sp³-hybridized carbons (Fsp3) is 0.0769. The Bertz CT molecular complexity index is 508. The lowest BCUT2D eigenvalue weighted by Gasteiger charge is -2.16. The molecule has 0 fully saturated rings. The molecule has 0 saturated heterocycles. The number of nitrogens with zero attached hydrogens (tertiary/aromatic N) is 2. The lowest BCUT2D eigenvalue weighted by molar-refractivity contribution is 0.0992. The molecule has 1 aromatic heterocycles. The third-order valence-electron chi connectivity index (χ3n) is 2.48. The highest BCUT2D eigenvalue weighted by molar-refractivity contribution is 6.05. The third-order valence-corrected chi connectivity index (χ3v) is 2.48. The molecule has 1 amide bonds. The van der Waals surface area contributed by atoms with Gasteiger partial charge < -0.3 is 10.6 Å². The Balaban J connectivity index is 2.23. The molecule has 0 atom stereocenters. The highest BCUT2D eigenvalue weighted by Gasteiger charge is 2.12. The Morgan fingerprint density at radius 3 is 2.47 bits per heavy atom. The van der Waals surface area contributed by atoms with Gasteiger partial charge in [-0.1, -0.05) is 18.2 Å². The average molecular weight is 227 g/mol. The number of nitrogens with two attached hydrogens (primary N) is 1. The molecule has 1 aromatic carbocycles. The van der Waals surface area contributed by atoms with Crippen LogP contribution in [0.3, 0.4) is 0 Å². The van der Waals surface area contributed by atoms with Gasteiger partial charge in [0.1, 0.15) is 5.82 Å². The van der Waals surface area contributed by atoms with E-state index >= 15 is 0 Å². The summed E-state index contributed by atoms with van der Waals surface area (Å²) in [6.07, 6.45) is 1.48. The van der Waals surface area contributed by atoms with E-state index in [1.54, 1.807) is 24.1 Å². The maximum Gasteiger partial charge on any atom is 0.259 e. The molecule has 86 valence electrons. The van der Waals surface area contributed by atoms with Crippen LogP contribution in [0.2, 0.25) is 0 Å². The van der Waals surface area contributed by atoms with E-state index in [0.717, 1.165) is 5.69 Å². The van der Waals surface area contributed by atoms with Gasteiger partial charge in [0.05, 0.1) is 5.56 Å². The molecular weight excluding hydrogens is 214 g/mol. The number of amides is 1. The summed E-state index contributed by atoms with van der Waals surface area (Å²) in [5.74, 6) is 0.299. The maximum atomic E-state index is 12.1. The highest BCUT2D eigenvalue weighted by Crippen LogP contribution is 2.14. The zero-order valence-electron chi connectivity index (χ0n) is 9.50. The monoisotopic (exact) mass is 227 g/mol. The Kier molecular flexibility index (Phi) is 3.05. The Morgan fingerprint density at radius 2 is 1.88 bits per heavy atom. The molecule has 17 heavy (non-hydrogen) atoms. The van der Waals surface area contributed by atoms with E-state index in [1.807, 2.05) is 30.3 Å². The fourth-order valence-electron chi connectivity index (χ4n) is 1.49. The minimum Gasteiger partial charge on any atom is -0.384 e. The van der Waals surface area contributed by atoms with E-state index in [9.17, 15) is 4.79 Å². The van der Waals surface area contributed by atoms with Crippen molar-refractivity contribution in [3.63, 3.8) is 0 Å². The van der Waals surface area contributed by atoms with Crippen LogP contribution in [-0.4, -0.2) is 17.9 Å². The van der Waals surface area contributed by atoms with Gasteiger partial charge in [-0.25, -0.2) is 4.98 Å². The van der Waals surface area contributed by atoms with Crippen molar-refractivity contribution in [1.29, 1.82) is 0 Å². The lowest BCUT2D eigenvalue weighted by Crippen LogP contribution is -2.26. The summed E-state index contributed by atoms with van der Waals surface area (Å²) in [7, 11) is 1.73. The van der Waals surface area contributed by atoms with E-state index in [0.29, 0.717) is 11.4 Å². The van der Waals surface area contributed by atoms with Gasteiger partial charge in [0, 0.05) is 18.9 Å². The van der Waals surface area contributed by atoms with Crippen molar-refractivity contribution in [1.82, 2.24) is 4.98 Å². The van der Waals surface area contributed by atoms with E-state index in [-0.39, 0.29) is 5.91 Å². The molecule has 1 heterocycles. The second kappa shape index (κ2) is 4.65. The summed E-state index contributed by atoms with van der Waals surface area (Å²) in [5.41, 5.74) is 6.84. The van der Waals surface area contributed by atoms with E-state index in [2.05, 4.69) is 4.98 Å². The third kappa shape index (κ3) is 2.42. The first-order chi connectivity index (χ1) is 8.18. The number of rotatable bonds is 2. The van der Waals surface area contributed by atoms with Gasteiger partial charge in [-0.15, -0.1) is 0 Å². The highest BCUT2D eigenvalue weighted by atomic mass is 16.2. The second-order valence-electron chi connectivity index (χ2n) is 3.67. The lowest BCUT2D eigenvalue weighted by atomic mass is 10.2. The van der Waals surface area contributed by atoms with Crippen LogP contribution in [-0.2, 0) is 0 Å². The van der Waals surface area contributed by atoms with Gasteiger partial charge in [0.15, 0.2) is 0 Å². The Hall–Kier alpha value is -2.36. The predicted octanol–water partition coefficient (Wildman–Crippen LogP) is 1.94. The number of pyridine rings is 1. The molecule has 2 aromatic rings. The van der Waals surface area contributed by atoms with Crippen LogP contribution in [0.4, 0.5) is 11.5 Å². The molecule has 0 unspecified atom stereocenters. The van der Waals surface area contributed by atoms with Crippen LogP contribution in [0, 0.1) is 0 Å². The standard InChI is InChI=1S/C13H13N3O/c1-16(11-5-3-2-4-6-11)13(17)10-7-8-12(14)15-9-10/h2-9H,1H3,(H2,14,15). The molecule has 0 aliphatic heterocycles. The summed E-state index contributed by atoms with van der Waals surface area (Å²) in [4.78, 5) is 17.6. The van der Waals surface area contributed by atoms with E-state index < -0.39 is 0 Å². The van der Waals surface area contributed by atoms with Crippen molar-refractivity contribution in [2.45, 2.75) is 0 Å². The zero-order valence-corrected chi connectivity index (χ0v) is 9.50. The Morgan fingerprint density at radius 1 is 1.18 bits per heavy atom. The summed E-state index contributed by atoms with van der Waals surface area (Å²) in [6.45, 7) is 0. The van der Waals surface area contributed by atoms with Crippen LogP contribution >= 0.6 is 0 Å². The van der Waals surface area contributed by atoms with Gasteiger partial charge >= 0.3 is 0 Å². The number of para-hydroxylation sites is 1. The molecular formula is C13H13N3O. The van der Waals surface area contributed by atoms with Gasteiger partial charge in [-0.2, -0.15) is 0 Å². The first-order valence-electron chi connectivity index (χ1n) is 5.23. The van der Waals surface area contributed by atoms with Gasteiger partial charge in [-0.3, -0.25) is 4.79 Å². The minimum atomic E-state index is -0.108. The molecule has 0 saturated carbocycles. The number of carbonyl (C=O) groups excluding carboxylic acids is 1. The quantitative estimate of drug-likeness (QED) is 0.852. The Labute approximate surface area is 99.7 Å². The van der Waals surface area contributed by atoms with Gasteiger partial charge in [0.25, 0.3) is 5.91 Å². The topological polar surface area (TPSA) is 59.2 Å². The smallest absolute Gasteiger partial charge is 0.259 e. The largest absolute Gasteiger partial charge is 0.384 e. The molecule has 2 rings (SSSR count). The molecule has 0 radical (unpaired) electrons. The number of aromatic nitrogens is 1. The number of nitrogen functional groups attached to an aromatic ring is 1. The van der Waals surface area contributed by atoms with Gasteiger partial charge in [-0.05, 0) is 24.3 Å². The molecule has 0 bridgehead atoms. The van der Waals surface area contributed by atoms with Crippen molar-refractivity contribution in [2.75, 3.05) is 17.7 Å². The number of hydrogen-bond acceptors (Lipinski definition) is 3. The van der Waals surface area contributed by atoms with Crippen LogP contribution in [0.1, 0.15) is 10.4 Å². The van der Waals surface area contributed by atoms with Crippen molar-refractivity contribution in [3.05, 3.63) is 54.2 Å². The molecule has 0 spiro atoms. The van der Waals surface area contributed by atoms with Crippen LogP contribution < -0.4 is 10.6 Å². The normalized spacial score (nSPS) is 9.94. The van der Waals surface area contributed by atoms with Crippen LogP contribution in [0.15, 0.2) is 48.7 Å². The van der Waals surface area contributed by atoms with Crippen LogP contribution in [0.25, 0.3) is 0 Å². The summed E-state index contributed by atoms with van der Waals surface area (Å²) < 4.78 is 0. The predicted molar refractivity (Wildman–Crippen MR) is 67.8 cm³/mol. The SMILES string of the molecule is CN(C(=O)c1ccc(N)nc1)c1ccccc1. The number of benzene rings is 1. The first kappa shape index (κ1) is 11.1. The number of anilines is 2. The number of hydrogen-bond donors (Lipinski definition) is 1. The molecule has 0 aliphatic carbocycles. The average Bonchev–Trinajstić information content (AvgIpc) is 2.39. The maximum absolute atomic E-state index is 12.1.